The number of nitrogens with one attached hydrogen (secondary N) is 1. The van der Waals surface area contributed by atoms with Crippen LogP contribution in [-0.4, -0.2) is 35.0 Å². The summed E-state index contributed by atoms with van der Waals surface area (Å²) < 4.78 is 0. The van der Waals surface area contributed by atoms with E-state index in [1.54, 1.807) is 6.92 Å². The Labute approximate surface area is 119 Å². The summed E-state index contributed by atoms with van der Waals surface area (Å²) in [5.74, 6) is 1.30. The van der Waals surface area contributed by atoms with Gasteiger partial charge in [-0.3, -0.25) is 4.79 Å². The highest BCUT2D eigenvalue weighted by molar-refractivity contribution is 6.30. The van der Waals surface area contributed by atoms with E-state index in [-0.39, 0.29) is 18.5 Å². The summed E-state index contributed by atoms with van der Waals surface area (Å²) in [7, 11) is 0. The number of nitrogens with zero attached hydrogens (tertiary/aromatic N) is 3. The number of anilines is 1. The van der Waals surface area contributed by atoms with Gasteiger partial charge in [0, 0.05) is 18.2 Å². The third kappa shape index (κ3) is 4.35. The molecule has 0 aliphatic carbocycles. The third-order valence-corrected chi connectivity index (χ3v) is 3.01. The minimum Gasteiger partial charge on any atom is -0.352 e. The molecule has 0 spiro atoms. The molecular formula is C13H21ClN4O. The van der Waals surface area contributed by atoms with Crippen LogP contribution in [0.4, 0.5) is 5.82 Å². The van der Waals surface area contributed by atoms with Gasteiger partial charge in [-0.1, -0.05) is 11.6 Å². The highest BCUT2D eigenvalue weighted by Crippen LogP contribution is 2.22. The van der Waals surface area contributed by atoms with Crippen LogP contribution in [0.5, 0.6) is 0 Å². The maximum Gasteiger partial charge on any atom is 0.239 e. The minimum atomic E-state index is -0.0244. The first-order chi connectivity index (χ1) is 8.85. The van der Waals surface area contributed by atoms with Gasteiger partial charge in [0.15, 0.2) is 0 Å². The largest absolute Gasteiger partial charge is 0.352 e. The Balaban J connectivity index is 2.94. The van der Waals surface area contributed by atoms with Crippen molar-refractivity contribution in [2.75, 3.05) is 18.0 Å². The van der Waals surface area contributed by atoms with Crippen LogP contribution in [0.1, 0.15) is 32.2 Å². The monoisotopic (exact) mass is 284 g/mol. The van der Waals surface area contributed by atoms with Crippen LogP contribution in [-0.2, 0) is 4.79 Å². The first kappa shape index (κ1) is 15.7. The zero-order valence-corrected chi connectivity index (χ0v) is 12.9. The predicted molar refractivity (Wildman–Crippen MR) is 77.7 cm³/mol. The van der Waals surface area contributed by atoms with Gasteiger partial charge in [0.25, 0.3) is 0 Å². The van der Waals surface area contributed by atoms with Gasteiger partial charge < -0.3 is 10.2 Å². The molecular weight excluding hydrogens is 264 g/mol. The molecule has 1 amide bonds. The van der Waals surface area contributed by atoms with E-state index in [4.69, 9.17) is 11.6 Å². The number of halogens is 1. The molecule has 1 aromatic rings. The topological polar surface area (TPSA) is 58.1 Å². The summed E-state index contributed by atoms with van der Waals surface area (Å²) in [5.41, 5.74) is 0.798. The normalized spacial score (nSPS) is 10.7. The molecule has 0 saturated carbocycles. The molecule has 5 nitrogen and oxygen atoms in total. The van der Waals surface area contributed by atoms with Gasteiger partial charge in [0.05, 0.1) is 6.54 Å². The molecule has 0 aromatic carbocycles. The van der Waals surface area contributed by atoms with Crippen LogP contribution in [0.25, 0.3) is 0 Å². The van der Waals surface area contributed by atoms with Crippen LogP contribution >= 0.6 is 11.6 Å². The fraction of sp³-hybridized carbons (Fsp3) is 0.615. The molecule has 0 aliphatic rings. The summed E-state index contributed by atoms with van der Waals surface area (Å²) in [5, 5.41) is 3.30. The number of carbonyl (C=O) groups excluding carboxylic acids is 1. The Morgan fingerprint density at radius 1 is 1.37 bits per heavy atom. The van der Waals surface area contributed by atoms with Crippen LogP contribution < -0.4 is 10.2 Å². The molecule has 0 atom stereocenters. The second kappa shape index (κ2) is 6.70. The van der Waals surface area contributed by atoms with E-state index in [9.17, 15) is 4.79 Å². The van der Waals surface area contributed by atoms with E-state index < -0.39 is 0 Å². The highest BCUT2D eigenvalue weighted by atomic mass is 35.5. The van der Waals surface area contributed by atoms with E-state index in [2.05, 4.69) is 15.3 Å². The van der Waals surface area contributed by atoms with Crippen LogP contribution in [0.15, 0.2) is 0 Å². The van der Waals surface area contributed by atoms with Crippen molar-refractivity contribution in [2.45, 2.75) is 40.7 Å². The number of hydrogen-bond acceptors (Lipinski definition) is 4. The molecule has 19 heavy (non-hydrogen) atoms. The lowest BCUT2D eigenvalue weighted by Crippen LogP contribution is -2.40. The molecule has 0 bridgehead atoms. The molecule has 1 heterocycles. The number of likely N-dealkylation sites (N-methyl/N-ethyl adjacent to an activating group) is 1. The molecule has 106 valence electrons. The van der Waals surface area contributed by atoms with Gasteiger partial charge in [0.2, 0.25) is 5.91 Å². The van der Waals surface area contributed by atoms with Crippen molar-refractivity contribution < 1.29 is 4.79 Å². The van der Waals surface area contributed by atoms with E-state index in [1.165, 1.54) is 0 Å². The quantitative estimate of drug-likeness (QED) is 0.841. The third-order valence-electron chi connectivity index (χ3n) is 2.64. The lowest BCUT2D eigenvalue weighted by atomic mass is 10.3. The Morgan fingerprint density at radius 2 is 2.00 bits per heavy atom. The molecule has 0 aliphatic heterocycles. The van der Waals surface area contributed by atoms with Gasteiger partial charge in [-0.05, 0) is 34.6 Å². The maximum absolute atomic E-state index is 11.8. The molecule has 1 N–H and O–H groups in total. The van der Waals surface area contributed by atoms with E-state index in [0.717, 1.165) is 11.4 Å². The van der Waals surface area contributed by atoms with Gasteiger partial charge >= 0.3 is 0 Å². The summed E-state index contributed by atoms with van der Waals surface area (Å²) in [6.07, 6.45) is 0. The molecule has 0 fully saturated rings. The van der Waals surface area contributed by atoms with Crippen molar-refractivity contribution in [3.63, 3.8) is 0 Å². The zero-order valence-electron chi connectivity index (χ0n) is 12.1. The Morgan fingerprint density at radius 3 is 2.53 bits per heavy atom. The lowest BCUT2D eigenvalue weighted by Gasteiger charge is -2.24. The molecule has 1 aromatic heterocycles. The number of hydrogen-bond donors (Lipinski definition) is 1. The lowest BCUT2D eigenvalue weighted by molar-refractivity contribution is -0.120. The summed E-state index contributed by atoms with van der Waals surface area (Å²) >= 11 is 6.06. The van der Waals surface area contributed by atoms with Crippen molar-refractivity contribution in [1.82, 2.24) is 15.3 Å². The van der Waals surface area contributed by atoms with E-state index in [1.807, 2.05) is 32.6 Å². The summed E-state index contributed by atoms with van der Waals surface area (Å²) in [4.78, 5) is 22.2. The molecule has 6 heteroatoms. The fourth-order valence-corrected chi connectivity index (χ4v) is 1.97. The van der Waals surface area contributed by atoms with Crippen molar-refractivity contribution in [3.05, 3.63) is 16.5 Å². The Kier molecular flexibility index (Phi) is 5.54. The fourth-order valence-electron chi connectivity index (χ4n) is 1.77. The van der Waals surface area contributed by atoms with Crippen molar-refractivity contribution >= 4 is 23.3 Å². The smallest absolute Gasteiger partial charge is 0.239 e. The van der Waals surface area contributed by atoms with E-state index >= 15 is 0 Å². The number of aromatic nitrogens is 2. The standard InChI is InChI=1S/C13H21ClN4O/c1-6-18(7-11(19)15-8(2)3)13-9(4)12(14)16-10(5)17-13/h8H,6-7H2,1-5H3,(H,15,19). The Bertz CT molecular complexity index is 462. The van der Waals surface area contributed by atoms with Gasteiger partial charge in [-0.25, -0.2) is 9.97 Å². The molecule has 0 unspecified atom stereocenters. The van der Waals surface area contributed by atoms with E-state index in [0.29, 0.717) is 17.5 Å². The predicted octanol–water partition coefficient (Wildman–Crippen LogP) is 2.10. The van der Waals surface area contributed by atoms with Gasteiger partial charge in [-0.15, -0.1) is 0 Å². The molecule has 0 saturated heterocycles. The SMILES string of the molecule is CCN(CC(=O)NC(C)C)c1nc(C)nc(Cl)c1C. The molecule has 0 radical (unpaired) electrons. The van der Waals surface area contributed by atoms with Crippen molar-refractivity contribution in [2.24, 2.45) is 0 Å². The Hall–Kier alpha value is -1.36. The minimum absolute atomic E-state index is 0.0244. The number of carbonyl (C=O) groups is 1. The van der Waals surface area contributed by atoms with Crippen LogP contribution in [0.3, 0.4) is 0 Å². The highest BCUT2D eigenvalue weighted by Gasteiger charge is 2.16. The van der Waals surface area contributed by atoms with Crippen LogP contribution in [0.2, 0.25) is 5.15 Å². The average Bonchev–Trinajstić information content (AvgIpc) is 2.30. The zero-order chi connectivity index (χ0) is 14.6. The van der Waals surface area contributed by atoms with Gasteiger partial charge in [-0.2, -0.15) is 0 Å². The van der Waals surface area contributed by atoms with Crippen LogP contribution in [0, 0.1) is 13.8 Å². The average molecular weight is 285 g/mol. The maximum atomic E-state index is 11.8. The van der Waals surface area contributed by atoms with Crippen molar-refractivity contribution in [3.8, 4) is 0 Å². The summed E-state index contributed by atoms with van der Waals surface area (Å²) in [6, 6.07) is 0.128. The van der Waals surface area contributed by atoms with Crippen molar-refractivity contribution in [1.29, 1.82) is 0 Å². The second-order valence-corrected chi connectivity index (χ2v) is 5.10. The number of rotatable bonds is 5. The number of amides is 1. The first-order valence-electron chi connectivity index (χ1n) is 6.40. The van der Waals surface area contributed by atoms with Gasteiger partial charge in [0.1, 0.15) is 16.8 Å². The summed E-state index contributed by atoms with van der Waals surface area (Å²) in [6.45, 7) is 10.4. The first-order valence-corrected chi connectivity index (χ1v) is 6.78. The molecule has 1 rings (SSSR count). The second-order valence-electron chi connectivity index (χ2n) is 4.75. The number of aryl methyl sites for hydroxylation is 1.